The molecule has 29 heavy (non-hydrogen) atoms. The number of methoxy groups -OCH3 is 2. The Morgan fingerprint density at radius 2 is 1.83 bits per heavy atom. The summed E-state index contributed by atoms with van der Waals surface area (Å²) in [5.41, 5.74) is 2.23. The van der Waals surface area contributed by atoms with Crippen LogP contribution in [0, 0.1) is 0 Å². The summed E-state index contributed by atoms with van der Waals surface area (Å²) in [4.78, 5) is 9.37. The molecule has 0 radical (unpaired) electrons. The van der Waals surface area contributed by atoms with Crippen LogP contribution in [0.25, 0.3) is 0 Å². The van der Waals surface area contributed by atoms with Crippen LogP contribution >= 0.6 is 0 Å². The van der Waals surface area contributed by atoms with Gasteiger partial charge in [0, 0.05) is 38.9 Å². The number of pyridine rings is 1. The summed E-state index contributed by atoms with van der Waals surface area (Å²) < 4.78 is 17.3. The third-order valence-electron chi connectivity index (χ3n) is 6.22. The highest BCUT2D eigenvalue weighted by molar-refractivity contribution is 5.50. The first-order valence-corrected chi connectivity index (χ1v) is 10.4. The van der Waals surface area contributed by atoms with Gasteiger partial charge in [-0.15, -0.1) is 0 Å². The lowest BCUT2D eigenvalue weighted by Gasteiger charge is -2.40. The Morgan fingerprint density at radius 3 is 2.52 bits per heavy atom. The van der Waals surface area contributed by atoms with Crippen LogP contribution in [0.3, 0.4) is 0 Å². The number of benzene rings is 1. The number of ether oxygens (including phenoxy) is 3. The zero-order valence-electron chi connectivity index (χ0n) is 17.7. The maximum absolute atomic E-state index is 6.30. The number of piperazine rings is 1. The van der Waals surface area contributed by atoms with Gasteiger partial charge in [0.2, 0.25) is 0 Å². The van der Waals surface area contributed by atoms with Crippen LogP contribution in [0.15, 0.2) is 36.5 Å². The van der Waals surface area contributed by atoms with Crippen molar-refractivity contribution >= 4 is 5.82 Å². The number of rotatable bonds is 6. The summed E-state index contributed by atoms with van der Waals surface area (Å²) in [5, 5.41) is 0. The molecule has 0 bridgehead atoms. The van der Waals surface area contributed by atoms with Gasteiger partial charge in [-0.25, -0.2) is 4.98 Å². The molecule has 6 heteroatoms. The largest absolute Gasteiger partial charge is 0.493 e. The van der Waals surface area contributed by atoms with Crippen molar-refractivity contribution in [2.75, 3.05) is 58.5 Å². The number of hydrogen-bond donors (Lipinski definition) is 0. The molecule has 156 valence electrons. The van der Waals surface area contributed by atoms with Crippen molar-refractivity contribution in [1.29, 1.82) is 0 Å². The zero-order chi connectivity index (χ0) is 20.3. The van der Waals surface area contributed by atoms with Crippen molar-refractivity contribution in [2.45, 2.75) is 25.4 Å². The third kappa shape index (κ3) is 4.19. The smallest absolute Gasteiger partial charge is 0.161 e. The Hall–Kier alpha value is -2.31. The molecule has 0 saturated carbocycles. The summed E-state index contributed by atoms with van der Waals surface area (Å²) in [7, 11) is 3.37. The Morgan fingerprint density at radius 1 is 1.07 bits per heavy atom. The van der Waals surface area contributed by atoms with E-state index in [0.717, 1.165) is 69.5 Å². The highest BCUT2D eigenvalue weighted by atomic mass is 16.5. The van der Waals surface area contributed by atoms with Crippen LogP contribution in [0.1, 0.15) is 24.5 Å². The van der Waals surface area contributed by atoms with E-state index in [1.807, 2.05) is 12.3 Å². The monoisotopic (exact) mass is 397 g/mol. The van der Waals surface area contributed by atoms with E-state index in [4.69, 9.17) is 14.2 Å². The van der Waals surface area contributed by atoms with E-state index in [-0.39, 0.29) is 5.60 Å². The quantitative estimate of drug-likeness (QED) is 0.747. The first-order valence-electron chi connectivity index (χ1n) is 10.4. The molecular formula is C23H31N3O3. The van der Waals surface area contributed by atoms with E-state index >= 15 is 0 Å². The number of anilines is 1. The summed E-state index contributed by atoms with van der Waals surface area (Å²) in [6.45, 7) is 8.08. The van der Waals surface area contributed by atoms with Gasteiger partial charge in [-0.2, -0.15) is 0 Å². The highest BCUT2D eigenvalue weighted by Crippen LogP contribution is 2.41. The second-order valence-electron chi connectivity index (χ2n) is 7.96. The highest BCUT2D eigenvalue weighted by Gasteiger charge is 2.35. The molecule has 2 aliphatic heterocycles. The molecule has 1 saturated heterocycles. The molecule has 6 nitrogen and oxygen atoms in total. The van der Waals surface area contributed by atoms with Crippen LogP contribution in [0.4, 0.5) is 5.82 Å². The lowest BCUT2D eigenvalue weighted by Crippen LogP contribution is -2.48. The topological polar surface area (TPSA) is 47.1 Å². The van der Waals surface area contributed by atoms with Crippen LogP contribution < -0.4 is 14.4 Å². The molecule has 2 aliphatic rings. The molecule has 0 spiro atoms. The molecule has 2 aromatic rings. The molecule has 1 unspecified atom stereocenters. The molecular weight excluding hydrogens is 366 g/mol. The van der Waals surface area contributed by atoms with E-state index in [1.165, 1.54) is 11.1 Å². The predicted molar refractivity (Wildman–Crippen MR) is 114 cm³/mol. The molecule has 4 rings (SSSR count). The fourth-order valence-corrected chi connectivity index (χ4v) is 4.40. The second-order valence-corrected chi connectivity index (χ2v) is 7.96. The van der Waals surface area contributed by atoms with Gasteiger partial charge in [0.25, 0.3) is 0 Å². The normalized spacial score (nSPS) is 22.2. The minimum atomic E-state index is -0.300. The van der Waals surface area contributed by atoms with Gasteiger partial charge in [-0.1, -0.05) is 6.07 Å². The Balaban J connectivity index is 1.41. The summed E-state index contributed by atoms with van der Waals surface area (Å²) in [5.74, 6) is 2.64. The molecule has 1 aromatic carbocycles. The Labute approximate surface area is 173 Å². The van der Waals surface area contributed by atoms with Crippen molar-refractivity contribution in [3.8, 4) is 11.5 Å². The van der Waals surface area contributed by atoms with Crippen molar-refractivity contribution in [3.05, 3.63) is 47.7 Å². The Kier molecular flexibility index (Phi) is 5.92. The molecule has 1 fully saturated rings. The third-order valence-corrected chi connectivity index (χ3v) is 6.22. The zero-order valence-corrected chi connectivity index (χ0v) is 17.7. The van der Waals surface area contributed by atoms with Gasteiger partial charge in [0.1, 0.15) is 5.82 Å². The summed E-state index contributed by atoms with van der Waals surface area (Å²) >= 11 is 0. The van der Waals surface area contributed by atoms with Gasteiger partial charge in [0.15, 0.2) is 11.5 Å². The standard InChI is InChI=1S/C23H31N3O3/c1-23(19-17-21(28-3)20(27-2)16-18(19)7-15-29-23)8-10-25-11-13-26(14-12-25)22-6-4-5-9-24-22/h4-6,9,16-17H,7-8,10-15H2,1-3H3. The fraction of sp³-hybridized carbons (Fsp3) is 0.522. The number of hydrogen-bond acceptors (Lipinski definition) is 6. The minimum Gasteiger partial charge on any atom is -0.493 e. The lowest BCUT2D eigenvalue weighted by atomic mass is 9.84. The average molecular weight is 398 g/mol. The predicted octanol–water partition coefficient (Wildman–Crippen LogP) is 3.10. The van der Waals surface area contributed by atoms with Gasteiger partial charge < -0.3 is 19.1 Å². The van der Waals surface area contributed by atoms with E-state index in [2.05, 4.69) is 46.0 Å². The molecule has 3 heterocycles. The van der Waals surface area contributed by atoms with Crippen LogP contribution in [-0.4, -0.2) is 63.4 Å². The van der Waals surface area contributed by atoms with Crippen molar-refractivity contribution in [3.63, 3.8) is 0 Å². The minimum absolute atomic E-state index is 0.300. The summed E-state index contributed by atoms with van der Waals surface area (Å²) in [6.07, 6.45) is 3.73. The van der Waals surface area contributed by atoms with Gasteiger partial charge in [0.05, 0.1) is 26.4 Å². The molecule has 0 amide bonds. The van der Waals surface area contributed by atoms with Crippen LogP contribution in [0.2, 0.25) is 0 Å². The van der Waals surface area contributed by atoms with Crippen molar-refractivity contribution < 1.29 is 14.2 Å². The van der Waals surface area contributed by atoms with Gasteiger partial charge in [-0.3, -0.25) is 4.90 Å². The van der Waals surface area contributed by atoms with Crippen LogP contribution in [0.5, 0.6) is 11.5 Å². The molecule has 1 aromatic heterocycles. The number of aromatic nitrogens is 1. The first kappa shape index (κ1) is 20.0. The Bertz CT molecular complexity index is 822. The van der Waals surface area contributed by atoms with E-state index in [0.29, 0.717) is 0 Å². The molecule has 1 atom stereocenters. The number of nitrogens with zero attached hydrogens (tertiary/aromatic N) is 3. The fourth-order valence-electron chi connectivity index (χ4n) is 4.40. The van der Waals surface area contributed by atoms with Crippen molar-refractivity contribution in [2.24, 2.45) is 0 Å². The average Bonchev–Trinajstić information content (AvgIpc) is 2.78. The maximum Gasteiger partial charge on any atom is 0.161 e. The summed E-state index contributed by atoms with van der Waals surface area (Å²) in [6, 6.07) is 10.3. The second kappa shape index (κ2) is 8.59. The van der Waals surface area contributed by atoms with Gasteiger partial charge >= 0.3 is 0 Å². The lowest BCUT2D eigenvalue weighted by molar-refractivity contribution is -0.0575. The van der Waals surface area contributed by atoms with Crippen LogP contribution in [-0.2, 0) is 16.8 Å². The van der Waals surface area contributed by atoms with E-state index < -0.39 is 0 Å². The number of fused-ring (bicyclic) bond motifs is 1. The van der Waals surface area contributed by atoms with Crippen molar-refractivity contribution in [1.82, 2.24) is 9.88 Å². The van der Waals surface area contributed by atoms with E-state index in [9.17, 15) is 0 Å². The molecule has 0 N–H and O–H groups in total. The maximum atomic E-state index is 6.30. The van der Waals surface area contributed by atoms with E-state index in [1.54, 1.807) is 14.2 Å². The van der Waals surface area contributed by atoms with Gasteiger partial charge in [-0.05, 0) is 55.2 Å². The molecule has 0 aliphatic carbocycles. The SMILES string of the molecule is COc1cc2c(cc1OC)C(C)(CCN1CCN(c3ccccn3)CC1)OCC2. The first-order chi connectivity index (χ1) is 14.1.